The highest BCUT2D eigenvalue weighted by molar-refractivity contribution is 6.32. The van der Waals surface area contributed by atoms with Gasteiger partial charge in [-0.2, -0.15) is 0 Å². The van der Waals surface area contributed by atoms with Gasteiger partial charge in [0.1, 0.15) is 11.3 Å². The zero-order valence-corrected chi connectivity index (χ0v) is 14.6. The fourth-order valence-corrected chi connectivity index (χ4v) is 2.67. The molecule has 1 atom stereocenters. The number of esters is 1. The number of carbonyl (C=O) groups excluding carboxylic acids is 2. The molecule has 0 saturated carbocycles. The van der Waals surface area contributed by atoms with Gasteiger partial charge in [0.15, 0.2) is 0 Å². The maximum absolute atomic E-state index is 12.4. The van der Waals surface area contributed by atoms with Gasteiger partial charge < -0.3 is 14.7 Å². The van der Waals surface area contributed by atoms with Crippen molar-refractivity contribution in [2.75, 3.05) is 6.61 Å². The molecule has 1 aromatic rings. The normalized spacial score (nSPS) is 15.9. The Labute approximate surface area is 144 Å². The smallest absolute Gasteiger partial charge is 0.394 e. The number of carbonyl (C=O) groups is 2. The van der Waals surface area contributed by atoms with Gasteiger partial charge in [-0.25, -0.2) is 4.79 Å². The molecule has 24 heavy (non-hydrogen) atoms. The number of benzene rings is 1. The number of hydrogen-bond donors (Lipinski definition) is 1. The van der Waals surface area contributed by atoms with Crippen molar-refractivity contribution in [3.8, 4) is 5.75 Å². The molecule has 6 heteroatoms. The van der Waals surface area contributed by atoms with Crippen LogP contribution in [0.4, 0.5) is 0 Å². The molecule has 0 spiro atoms. The van der Waals surface area contributed by atoms with Gasteiger partial charge in [0.2, 0.25) is 5.91 Å². The Morgan fingerprint density at radius 2 is 2.08 bits per heavy atom. The minimum absolute atomic E-state index is 0.0240. The van der Waals surface area contributed by atoms with Crippen LogP contribution in [0.2, 0.25) is 0 Å². The molecule has 1 aliphatic heterocycles. The molecule has 0 aliphatic carbocycles. The lowest BCUT2D eigenvalue weighted by Gasteiger charge is -2.26. The average molecular weight is 330 g/mol. The third-order valence-electron chi connectivity index (χ3n) is 4.38. The molecular formula is C18H25BNO4. The molecule has 1 amide bonds. The summed E-state index contributed by atoms with van der Waals surface area (Å²) in [5, 5.41) is 2.88. The van der Waals surface area contributed by atoms with Crippen LogP contribution in [0.25, 0.3) is 0 Å². The third-order valence-corrected chi connectivity index (χ3v) is 4.38. The second-order valence-electron chi connectivity index (χ2n) is 6.06. The number of amides is 1. The summed E-state index contributed by atoms with van der Waals surface area (Å²) >= 11 is 0. The quantitative estimate of drug-likeness (QED) is 0.617. The van der Waals surface area contributed by atoms with Gasteiger partial charge in [0.25, 0.3) is 0 Å². The standard InChI is InChI=1S/C18H25BNO4/c1-4-12(5-2)11-23-18(22)14-9-7-8-13-10-15(19-24-17(13)14)20-16(21)6-3/h7-9,12,15H,4-6,10-11H2,1-3H3,(H,20,21). The monoisotopic (exact) mass is 330 g/mol. The zero-order valence-electron chi connectivity index (χ0n) is 14.6. The third kappa shape index (κ3) is 4.52. The van der Waals surface area contributed by atoms with E-state index in [0.29, 0.717) is 36.7 Å². The fourth-order valence-electron chi connectivity index (χ4n) is 2.67. The molecule has 1 radical (unpaired) electrons. The van der Waals surface area contributed by atoms with E-state index in [-0.39, 0.29) is 17.8 Å². The molecule has 1 aliphatic rings. The van der Waals surface area contributed by atoms with Crippen molar-refractivity contribution < 1.29 is 19.0 Å². The lowest BCUT2D eigenvalue weighted by Crippen LogP contribution is -2.45. The van der Waals surface area contributed by atoms with Crippen LogP contribution in [-0.4, -0.2) is 31.9 Å². The Bertz CT molecular complexity index is 586. The highest BCUT2D eigenvalue weighted by Gasteiger charge is 2.27. The molecule has 0 saturated heterocycles. The van der Waals surface area contributed by atoms with E-state index in [1.807, 2.05) is 12.1 Å². The largest absolute Gasteiger partial charge is 0.560 e. The second kappa shape index (κ2) is 8.76. The van der Waals surface area contributed by atoms with E-state index in [0.717, 1.165) is 18.4 Å². The van der Waals surface area contributed by atoms with E-state index in [4.69, 9.17) is 9.39 Å². The van der Waals surface area contributed by atoms with Crippen LogP contribution in [0.3, 0.4) is 0 Å². The lowest BCUT2D eigenvalue weighted by molar-refractivity contribution is -0.121. The van der Waals surface area contributed by atoms with Crippen molar-refractivity contribution in [3.05, 3.63) is 29.3 Å². The van der Waals surface area contributed by atoms with Gasteiger partial charge in [-0.05, 0) is 24.0 Å². The summed E-state index contributed by atoms with van der Waals surface area (Å²) in [4.78, 5) is 23.9. The Morgan fingerprint density at radius 3 is 2.75 bits per heavy atom. The Kier molecular flexibility index (Phi) is 6.70. The highest BCUT2D eigenvalue weighted by atomic mass is 16.5. The van der Waals surface area contributed by atoms with E-state index < -0.39 is 0 Å². The Balaban J connectivity index is 2.05. The van der Waals surface area contributed by atoms with E-state index in [1.54, 1.807) is 20.5 Å². The predicted molar refractivity (Wildman–Crippen MR) is 93.1 cm³/mol. The van der Waals surface area contributed by atoms with Gasteiger partial charge in [0.05, 0.1) is 6.61 Å². The number of nitrogens with one attached hydrogen (secondary N) is 1. The van der Waals surface area contributed by atoms with Crippen LogP contribution in [-0.2, 0) is 16.0 Å². The molecule has 0 aromatic heterocycles. The molecule has 129 valence electrons. The van der Waals surface area contributed by atoms with Crippen molar-refractivity contribution in [2.45, 2.75) is 52.4 Å². The summed E-state index contributed by atoms with van der Waals surface area (Å²) in [5.74, 6) is 0.358. The van der Waals surface area contributed by atoms with E-state index in [2.05, 4.69) is 19.2 Å². The molecular weight excluding hydrogens is 305 g/mol. The van der Waals surface area contributed by atoms with Gasteiger partial charge in [-0.1, -0.05) is 45.7 Å². The Morgan fingerprint density at radius 1 is 1.33 bits per heavy atom. The molecule has 1 aromatic carbocycles. The van der Waals surface area contributed by atoms with Crippen LogP contribution in [0.5, 0.6) is 5.75 Å². The highest BCUT2D eigenvalue weighted by Crippen LogP contribution is 2.29. The van der Waals surface area contributed by atoms with Crippen LogP contribution >= 0.6 is 0 Å². The summed E-state index contributed by atoms with van der Waals surface area (Å²) in [7, 11) is 1.58. The first-order chi connectivity index (χ1) is 11.6. The molecule has 2 rings (SSSR count). The van der Waals surface area contributed by atoms with Gasteiger partial charge in [-0.3, -0.25) is 4.79 Å². The van der Waals surface area contributed by atoms with E-state index in [1.165, 1.54) is 0 Å². The average Bonchev–Trinajstić information content (AvgIpc) is 2.61. The number of ether oxygens (including phenoxy) is 1. The number of fused-ring (bicyclic) bond motifs is 1. The van der Waals surface area contributed by atoms with E-state index >= 15 is 0 Å². The molecule has 0 fully saturated rings. The van der Waals surface area contributed by atoms with Gasteiger partial charge >= 0.3 is 13.5 Å². The number of hydrogen-bond acceptors (Lipinski definition) is 4. The lowest BCUT2D eigenvalue weighted by atomic mass is 9.79. The second-order valence-corrected chi connectivity index (χ2v) is 6.06. The Hall–Kier alpha value is -1.98. The van der Waals surface area contributed by atoms with Crippen LogP contribution < -0.4 is 9.97 Å². The maximum Gasteiger partial charge on any atom is 0.394 e. The first-order valence-electron chi connectivity index (χ1n) is 8.67. The molecule has 5 nitrogen and oxygen atoms in total. The molecule has 1 unspecified atom stereocenters. The van der Waals surface area contributed by atoms with Crippen LogP contribution in [0, 0.1) is 5.92 Å². The van der Waals surface area contributed by atoms with E-state index in [9.17, 15) is 9.59 Å². The summed E-state index contributed by atoms with van der Waals surface area (Å²) in [5.41, 5.74) is 1.34. The fraction of sp³-hybridized carbons (Fsp3) is 0.556. The maximum atomic E-state index is 12.4. The number of para-hydroxylation sites is 1. The minimum Gasteiger partial charge on any atom is -0.560 e. The van der Waals surface area contributed by atoms with Crippen molar-refractivity contribution >= 4 is 19.4 Å². The summed E-state index contributed by atoms with van der Waals surface area (Å²) < 4.78 is 11.1. The molecule has 0 bridgehead atoms. The van der Waals surface area contributed by atoms with Crippen LogP contribution in [0.1, 0.15) is 56.0 Å². The van der Waals surface area contributed by atoms with Gasteiger partial charge in [-0.15, -0.1) is 0 Å². The van der Waals surface area contributed by atoms with Crippen molar-refractivity contribution in [1.82, 2.24) is 5.32 Å². The predicted octanol–water partition coefficient (Wildman–Crippen LogP) is 2.69. The zero-order chi connectivity index (χ0) is 17.5. The summed E-state index contributed by atoms with van der Waals surface area (Å²) in [6, 6.07) is 5.44. The van der Waals surface area contributed by atoms with Crippen molar-refractivity contribution in [3.63, 3.8) is 0 Å². The SMILES string of the molecule is CCC(=O)NC1[B]Oc2c(cccc2C(=O)OCC(CC)CC)C1. The molecule has 1 heterocycles. The first-order valence-corrected chi connectivity index (χ1v) is 8.67. The van der Waals surface area contributed by atoms with Gasteiger partial charge in [0, 0.05) is 12.4 Å². The molecule has 1 N–H and O–H groups in total. The number of rotatable bonds is 7. The van der Waals surface area contributed by atoms with Crippen LogP contribution in [0.15, 0.2) is 18.2 Å². The topological polar surface area (TPSA) is 64.6 Å². The first kappa shape index (κ1) is 18.4. The summed E-state index contributed by atoms with van der Waals surface area (Å²) in [6.07, 6.45) is 3.01. The van der Waals surface area contributed by atoms with Crippen molar-refractivity contribution in [2.24, 2.45) is 5.92 Å². The summed E-state index contributed by atoms with van der Waals surface area (Å²) in [6.45, 7) is 6.42. The van der Waals surface area contributed by atoms with Crippen molar-refractivity contribution in [1.29, 1.82) is 0 Å². The minimum atomic E-state index is -0.358.